The zero-order chi connectivity index (χ0) is 12.4. The van der Waals surface area contributed by atoms with E-state index in [0.29, 0.717) is 31.6 Å². The molecular weight excluding hydrogens is 226 g/mol. The van der Waals surface area contributed by atoms with Crippen molar-refractivity contribution in [2.24, 2.45) is 7.05 Å². The van der Waals surface area contributed by atoms with E-state index in [1.807, 2.05) is 0 Å². The highest BCUT2D eigenvalue weighted by atomic mass is 16.6. The molecule has 1 saturated heterocycles. The van der Waals surface area contributed by atoms with Crippen molar-refractivity contribution in [2.45, 2.75) is 31.5 Å². The molecule has 1 N–H and O–H groups in total. The largest absolute Gasteiger partial charge is 0.393 e. The quantitative estimate of drug-likeness (QED) is 0.614. The highest BCUT2D eigenvalue weighted by Crippen LogP contribution is 2.32. The predicted molar refractivity (Wildman–Crippen MR) is 58.4 cm³/mol. The molecule has 2 rings (SSSR count). The predicted octanol–water partition coefficient (Wildman–Crippen LogP) is 0.931. The molecule has 7 nitrogen and oxygen atoms in total. The van der Waals surface area contributed by atoms with Gasteiger partial charge >= 0.3 is 5.69 Å². The summed E-state index contributed by atoms with van der Waals surface area (Å²) in [5.74, 6) is 0. The van der Waals surface area contributed by atoms with Gasteiger partial charge in [-0.25, -0.2) is 0 Å². The van der Waals surface area contributed by atoms with Gasteiger partial charge in [-0.2, -0.15) is 5.10 Å². The Bertz CT molecular complexity index is 418. The molecule has 0 aliphatic carbocycles. The fourth-order valence-corrected chi connectivity index (χ4v) is 2.08. The minimum atomic E-state index is -0.451. The van der Waals surface area contributed by atoms with Gasteiger partial charge in [-0.1, -0.05) is 0 Å². The molecule has 94 valence electrons. The van der Waals surface area contributed by atoms with Crippen molar-refractivity contribution in [1.29, 1.82) is 0 Å². The minimum Gasteiger partial charge on any atom is -0.393 e. The second-order valence-corrected chi connectivity index (χ2v) is 4.18. The lowest BCUT2D eigenvalue weighted by Gasteiger charge is -2.14. The molecule has 1 fully saturated rings. The molecule has 1 aliphatic rings. The molecule has 2 atom stereocenters. The van der Waals surface area contributed by atoms with Crippen LogP contribution in [0.2, 0.25) is 0 Å². The number of aliphatic hydroxyl groups excluding tert-OH is 1. The maximum Gasteiger partial charge on any atom is 0.312 e. The Hall–Kier alpha value is -1.47. The van der Waals surface area contributed by atoms with Gasteiger partial charge in [-0.3, -0.25) is 14.8 Å². The number of nitro groups is 1. The van der Waals surface area contributed by atoms with Crippen LogP contribution in [0.25, 0.3) is 0 Å². The maximum absolute atomic E-state index is 10.9. The van der Waals surface area contributed by atoms with Gasteiger partial charge in [0.2, 0.25) is 0 Å². The molecule has 1 aliphatic heterocycles. The van der Waals surface area contributed by atoms with Gasteiger partial charge in [0.25, 0.3) is 0 Å². The van der Waals surface area contributed by atoms with E-state index >= 15 is 0 Å². The van der Waals surface area contributed by atoms with Crippen molar-refractivity contribution in [2.75, 3.05) is 6.61 Å². The SMILES string of the molecule is Cn1ncc([N+](=O)[O-])c1[C@H]1CC[C@@H](O)CCO1. The molecule has 0 radical (unpaired) electrons. The van der Waals surface area contributed by atoms with Crippen molar-refractivity contribution in [1.82, 2.24) is 9.78 Å². The minimum absolute atomic E-state index is 0.0195. The summed E-state index contributed by atoms with van der Waals surface area (Å²) < 4.78 is 7.04. The third-order valence-electron chi connectivity index (χ3n) is 3.00. The Labute approximate surface area is 98.1 Å². The van der Waals surface area contributed by atoms with E-state index in [-0.39, 0.29) is 17.9 Å². The Morgan fingerprint density at radius 2 is 2.35 bits per heavy atom. The van der Waals surface area contributed by atoms with Gasteiger partial charge in [0, 0.05) is 13.7 Å². The van der Waals surface area contributed by atoms with Crippen LogP contribution < -0.4 is 0 Å². The molecular formula is C10H15N3O4. The van der Waals surface area contributed by atoms with Crippen LogP contribution in [0.3, 0.4) is 0 Å². The van der Waals surface area contributed by atoms with Gasteiger partial charge in [0.1, 0.15) is 18.0 Å². The molecule has 0 amide bonds. The highest BCUT2D eigenvalue weighted by Gasteiger charge is 2.29. The van der Waals surface area contributed by atoms with E-state index in [4.69, 9.17) is 4.74 Å². The fourth-order valence-electron chi connectivity index (χ4n) is 2.08. The average Bonchev–Trinajstić information content (AvgIpc) is 2.52. The van der Waals surface area contributed by atoms with E-state index in [9.17, 15) is 15.2 Å². The van der Waals surface area contributed by atoms with Crippen LogP contribution in [0, 0.1) is 10.1 Å². The summed E-state index contributed by atoms with van der Waals surface area (Å²) in [4.78, 5) is 10.4. The molecule has 1 aromatic heterocycles. The van der Waals surface area contributed by atoms with E-state index in [1.165, 1.54) is 10.9 Å². The number of aromatic nitrogens is 2. The Kier molecular flexibility index (Phi) is 3.39. The first kappa shape index (κ1) is 12.0. The molecule has 1 aromatic rings. The summed E-state index contributed by atoms with van der Waals surface area (Å²) >= 11 is 0. The third-order valence-corrected chi connectivity index (χ3v) is 3.00. The van der Waals surface area contributed by atoms with Crippen LogP contribution in [-0.2, 0) is 11.8 Å². The summed E-state index contributed by atoms with van der Waals surface area (Å²) in [6.07, 6.45) is 2.23. The molecule has 0 saturated carbocycles. The number of hydrogen-bond acceptors (Lipinski definition) is 5. The zero-order valence-corrected chi connectivity index (χ0v) is 9.57. The molecule has 0 bridgehead atoms. The topological polar surface area (TPSA) is 90.4 Å². The van der Waals surface area contributed by atoms with Crippen LogP contribution >= 0.6 is 0 Å². The van der Waals surface area contributed by atoms with Crippen LogP contribution in [0.1, 0.15) is 31.1 Å². The Balaban J connectivity index is 2.26. The summed E-state index contributed by atoms with van der Waals surface area (Å²) in [6, 6.07) is 0. The zero-order valence-electron chi connectivity index (χ0n) is 9.57. The van der Waals surface area contributed by atoms with Gasteiger partial charge in [-0.15, -0.1) is 0 Å². The first-order valence-corrected chi connectivity index (χ1v) is 5.55. The van der Waals surface area contributed by atoms with E-state index in [2.05, 4.69) is 5.10 Å². The van der Waals surface area contributed by atoms with Gasteiger partial charge in [-0.05, 0) is 19.3 Å². The smallest absolute Gasteiger partial charge is 0.312 e. The second kappa shape index (κ2) is 4.80. The first-order chi connectivity index (χ1) is 8.09. The second-order valence-electron chi connectivity index (χ2n) is 4.18. The highest BCUT2D eigenvalue weighted by molar-refractivity contribution is 5.34. The number of hydrogen-bond donors (Lipinski definition) is 1. The summed E-state index contributed by atoms with van der Waals surface area (Å²) in [5, 5.41) is 24.3. The third kappa shape index (κ3) is 2.45. The molecule has 7 heteroatoms. The lowest BCUT2D eigenvalue weighted by atomic mass is 10.1. The van der Waals surface area contributed by atoms with Crippen molar-refractivity contribution in [3.05, 3.63) is 22.0 Å². The number of aliphatic hydroxyl groups is 1. The Morgan fingerprint density at radius 1 is 1.59 bits per heavy atom. The lowest BCUT2D eigenvalue weighted by molar-refractivity contribution is -0.386. The standard InChI is InChI=1S/C10H15N3O4/c1-12-10(8(6-11-12)13(15)16)9-3-2-7(14)4-5-17-9/h6-7,9,14H,2-5H2,1H3/t7-,9-/m1/s1. The van der Waals surface area contributed by atoms with Crippen LogP contribution in [0.15, 0.2) is 6.20 Å². The summed E-state index contributed by atoms with van der Waals surface area (Å²) in [7, 11) is 1.66. The van der Waals surface area contributed by atoms with Crippen LogP contribution in [-0.4, -0.2) is 32.5 Å². The van der Waals surface area contributed by atoms with Crippen molar-refractivity contribution >= 4 is 5.69 Å². The maximum atomic E-state index is 10.9. The average molecular weight is 241 g/mol. The van der Waals surface area contributed by atoms with E-state index in [1.54, 1.807) is 7.05 Å². The lowest BCUT2D eigenvalue weighted by Crippen LogP contribution is -2.10. The van der Waals surface area contributed by atoms with E-state index in [0.717, 1.165) is 0 Å². The van der Waals surface area contributed by atoms with Crippen LogP contribution in [0.5, 0.6) is 0 Å². The van der Waals surface area contributed by atoms with Crippen molar-refractivity contribution < 1.29 is 14.8 Å². The number of ether oxygens (including phenoxy) is 1. The number of nitrogens with zero attached hydrogens (tertiary/aromatic N) is 3. The molecule has 0 aromatic carbocycles. The van der Waals surface area contributed by atoms with Gasteiger partial charge in [0.15, 0.2) is 0 Å². The Morgan fingerprint density at radius 3 is 3.06 bits per heavy atom. The monoisotopic (exact) mass is 241 g/mol. The van der Waals surface area contributed by atoms with Crippen molar-refractivity contribution in [3.8, 4) is 0 Å². The van der Waals surface area contributed by atoms with Gasteiger partial charge in [0.05, 0.1) is 11.0 Å². The molecule has 0 unspecified atom stereocenters. The van der Waals surface area contributed by atoms with Crippen LogP contribution in [0.4, 0.5) is 5.69 Å². The number of rotatable bonds is 2. The molecule has 17 heavy (non-hydrogen) atoms. The fraction of sp³-hybridized carbons (Fsp3) is 0.700. The number of aryl methyl sites for hydroxylation is 1. The normalized spacial score (nSPS) is 25.5. The molecule has 0 spiro atoms. The van der Waals surface area contributed by atoms with E-state index < -0.39 is 4.92 Å². The summed E-state index contributed by atoms with van der Waals surface area (Å²) in [6.45, 7) is 0.411. The first-order valence-electron chi connectivity index (χ1n) is 5.55. The molecule has 2 heterocycles. The van der Waals surface area contributed by atoms with Crippen molar-refractivity contribution in [3.63, 3.8) is 0 Å². The summed E-state index contributed by atoms with van der Waals surface area (Å²) in [5.41, 5.74) is 0.456. The van der Waals surface area contributed by atoms with Gasteiger partial charge < -0.3 is 9.84 Å².